The Kier molecular flexibility index (Phi) is 5.78. The smallest absolute Gasteiger partial charge is 0.216 e. The van der Waals surface area contributed by atoms with E-state index < -0.39 is 0 Å². The van der Waals surface area contributed by atoms with Gasteiger partial charge in [-0.2, -0.15) is 0 Å². The molecule has 0 atom stereocenters. The molecule has 0 aromatic heterocycles. The lowest BCUT2D eigenvalue weighted by Gasteiger charge is -2.27. The fraction of sp³-hybridized carbons (Fsp3) is 0.682. The van der Waals surface area contributed by atoms with Crippen molar-refractivity contribution < 1.29 is 9.47 Å². The molecule has 2 heterocycles. The third-order valence-electron chi connectivity index (χ3n) is 6.04. The van der Waals surface area contributed by atoms with E-state index in [1.165, 1.54) is 64.5 Å². The molecule has 1 aliphatic carbocycles. The van der Waals surface area contributed by atoms with E-state index in [9.17, 15) is 0 Å². The van der Waals surface area contributed by atoms with Crippen LogP contribution in [0.1, 0.15) is 63.4 Å². The summed E-state index contributed by atoms with van der Waals surface area (Å²) in [5, 5.41) is 0. The molecular formula is C22H32N2O2. The predicted molar refractivity (Wildman–Crippen MR) is 105 cm³/mol. The molecule has 1 saturated heterocycles. The van der Waals surface area contributed by atoms with Crippen molar-refractivity contribution in [2.75, 3.05) is 32.8 Å². The fourth-order valence-electron chi connectivity index (χ4n) is 4.45. The summed E-state index contributed by atoms with van der Waals surface area (Å²) in [6.07, 6.45) is 11.5. The molecule has 0 bridgehead atoms. The third-order valence-corrected chi connectivity index (χ3v) is 6.04. The summed E-state index contributed by atoms with van der Waals surface area (Å²) in [6, 6.07) is 8.27. The Labute approximate surface area is 157 Å². The summed E-state index contributed by atoms with van der Waals surface area (Å²) < 4.78 is 11.9. The van der Waals surface area contributed by atoms with E-state index in [0.717, 1.165) is 43.4 Å². The van der Waals surface area contributed by atoms with Crippen molar-refractivity contribution in [1.82, 2.24) is 4.90 Å². The summed E-state index contributed by atoms with van der Waals surface area (Å²) >= 11 is 0. The van der Waals surface area contributed by atoms with Crippen LogP contribution in [0.2, 0.25) is 0 Å². The zero-order chi connectivity index (χ0) is 17.7. The van der Waals surface area contributed by atoms with Gasteiger partial charge in [0.2, 0.25) is 5.90 Å². The molecule has 1 spiro atoms. The van der Waals surface area contributed by atoms with Gasteiger partial charge in [0.1, 0.15) is 12.4 Å². The lowest BCUT2D eigenvalue weighted by Crippen LogP contribution is -2.31. The fourth-order valence-corrected chi connectivity index (χ4v) is 4.45. The predicted octanol–water partition coefficient (Wildman–Crippen LogP) is 4.42. The first-order chi connectivity index (χ1) is 12.8. The van der Waals surface area contributed by atoms with Crippen LogP contribution in [0.25, 0.3) is 0 Å². The number of hydrogen-bond acceptors (Lipinski definition) is 4. The Morgan fingerprint density at radius 1 is 0.962 bits per heavy atom. The van der Waals surface area contributed by atoms with Gasteiger partial charge in [0, 0.05) is 12.1 Å². The quantitative estimate of drug-likeness (QED) is 0.708. The molecule has 4 heteroatoms. The van der Waals surface area contributed by atoms with Crippen LogP contribution < -0.4 is 4.74 Å². The van der Waals surface area contributed by atoms with E-state index in [1.807, 2.05) is 12.1 Å². The van der Waals surface area contributed by atoms with Crippen molar-refractivity contribution in [3.63, 3.8) is 0 Å². The van der Waals surface area contributed by atoms with Crippen molar-refractivity contribution in [2.45, 2.75) is 63.3 Å². The van der Waals surface area contributed by atoms with Gasteiger partial charge in [-0.3, -0.25) is 0 Å². The molecule has 1 aromatic carbocycles. The van der Waals surface area contributed by atoms with Crippen LogP contribution in [0.3, 0.4) is 0 Å². The number of likely N-dealkylation sites (tertiary alicyclic amines) is 1. The van der Waals surface area contributed by atoms with Gasteiger partial charge in [-0.05, 0) is 69.5 Å². The minimum absolute atomic E-state index is 0.0667. The number of benzene rings is 1. The molecular weight excluding hydrogens is 324 g/mol. The van der Waals surface area contributed by atoms with E-state index in [-0.39, 0.29) is 5.54 Å². The second-order valence-corrected chi connectivity index (χ2v) is 8.12. The van der Waals surface area contributed by atoms with Crippen molar-refractivity contribution in [2.24, 2.45) is 4.99 Å². The number of aliphatic imine (C=N–C) groups is 1. The first-order valence-corrected chi connectivity index (χ1v) is 10.5. The van der Waals surface area contributed by atoms with Crippen LogP contribution in [-0.2, 0) is 4.74 Å². The molecule has 26 heavy (non-hydrogen) atoms. The van der Waals surface area contributed by atoms with E-state index in [0.29, 0.717) is 0 Å². The van der Waals surface area contributed by atoms with Gasteiger partial charge < -0.3 is 14.4 Å². The maximum atomic E-state index is 5.94. The van der Waals surface area contributed by atoms with Gasteiger partial charge in [0.15, 0.2) is 0 Å². The van der Waals surface area contributed by atoms with Gasteiger partial charge in [0.25, 0.3) is 0 Å². The minimum atomic E-state index is 0.0667. The largest absolute Gasteiger partial charge is 0.494 e. The SMILES string of the molecule is c1cc(C2=NC3(CCCCC3)CO2)ccc1OCCCN1CCCCC1. The van der Waals surface area contributed by atoms with E-state index in [4.69, 9.17) is 14.5 Å². The Morgan fingerprint density at radius 2 is 1.69 bits per heavy atom. The molecule has 2 fully saturated rings. The van der Waals surface area contributed by atoms with Crippen LogP contribution >= 0.6 is 0 Å². The standard InChI is InChI=1S/C22H32N2O2/c1-3-12-22(13-4-1)18-26-21(23-22)19-8-10-20(11-9-19)25-17-7-16-24-14-5-2-6-15-24/h8-11H,1-7,12-18H2. The van der Waals surface area contributed by atoms with Gasteiger partial charge >= 0.3 is 0 Å². The topological polar surface area (TPSA) is 34.1 Å². The van der Waals surface area contributed by atoms with Gasteiger partial charge in [0.05, 0.1) is 12.1 Å². The zero-order valence-corrected chi connectivity index (χ0v) is 15.9. The molecule has 0 radical (unpaired) electrons. The van der Waals surface area contributed by atoms with Crippen molar-refractivity contribution >= 4 is 5.90 Å². The monoisotopic (exact) mass is 356 g/mol. The molecule has 142 valence electrons. The highest BCUT2D eigenvalue weighted by molar-refractivity contribution is 5.95. The summed E-state index contributed by atoms with van der Waals surface area (Å²) in [6.45, 7) is 5.23. The lowest BCUT2D eigenvalue weighted by atomic mass is 9.83. The highest BCUT2D eigenvalue weighted by Gasteiger charge is 2.37. The highest BCUT2D eigenvalue weighted by atomic mass is 16.5. The van der Waals surface area contributed by atoms with Crippen LogP contribution in [0.4, 0.5) is 0 Å². The van der Waals surface area contributed by atoms with Crippen LogP contribution in [0, 0.1) is 0 Å². The van der Waals surface area contributed by atoms with Crippen LogP contribution in [0.5, 0.6) is 5.75 Å². The molecule has 4 rings (SSSR count). The third kappa shape index (κ3) is 4.40. The molecule has 1 aromatic rings. The van der Waals surface area contributed by atoms with E-state index >= 15 is 0 Å². The first kappa shape index (κ1) is 17.8. The average Bonchev–Trinajstić information content (AvgIpc) is 3.10. The molecule has 0 amide bonds. The van der Waals surface area contributed by atoms with Gasteiger partial charge in [-0.15, -0.1) is 0 Å². The average molecular weight is 357 g/mol. The van der Waals surface area contributed by atoms with Crippen molar-refractivity contribution in [1.29, 1.82) is 0 Å². The summed E-state index contributed by atoms with van der Waals surface area (Å²) in [5.74, 6) is 1.77. The Bertz CT molecular complexity index is 599. The zero-order valence-electron chi connectivity index (χ0n) is 15.9. The molecule has 2 aliphatic heterocycles. The summed E-state index contributed by atoms with van der Waals surface area (Å²) in [7, 11) is 0. The number of nitrogens with zero attached hydrogens (tertiary/aromatic N) is 2. The first-order valence-electron chi connectivity index (χ1n) is 10.5. The Morgan fingerprint density at radius 3 is 2.46 bits per heavy atom. The van der Waals surface area contributed by atoms with Crippen molar-refractivity contribution in [3.8, 4) is 5.75 Å². The summed E-state index contributed by atoms with van der Waals surface area (Å²) in [4.78, 5) is 7.52. The number of hydrogen-bond donors (Lipinski definition) is 0. The maximum Gasteiger partial charge on any atom is 0.216 e. The second-order valence-electron chi connectivity index (χ2n) is 8.12. The number of ether oxygens (including phenoxy) is 2. The number of piperidine rings is 1. The molecule has 0 N–H and O–H groups in total. The number of rotatable bonds is 6. The van der Waals surface area contributed by atoms with Crippen molar-refractivity contribution in [3.05, 3.63) is 29.8 Å². The molecule has 3 aliphatic rings. The maximum absolute atomic E-state index is 5.94. The van der Waals surface area contributed by atoms with E-state index in [1.54, 1.807) is 0 Å². The van der Waals surface area contributed by atoms with Crippen LogP contribution in [0.15, 0.2) is 29.3 Å². The Balaban J connectivity index is 1.25. The van der Waals surface area contributed by atoms with E-state index in [2.05, 4.69) is 17.0 Å². The summed E-state index contributed by atoms with van der Waals surface area (Å²) in [5.41, 5.74) is 1.14. The normalized spacial score (nSPS) is 22.8. The minimum Gasteiger partial charge on any atom is -0.494 e. The van der Waals surface area contributed by atoms with Gasteiger partial charge in [-0.25, -0.2) is 4.99 Å². The Hall–Kier alpha value is -1.55. The molecule has 0 unspecified atom stereocenters. The highest BCUT2D eigenvalue weighted by Crippen LogP contribution is 2.36. The van der Waals surface area contributed by atoms with Crippen LogP contribution in [-0.4, -0.2) is 49.2 Å². The second kappa shape index (κ2) is 8.43. The molecule has 1 saturated carbocycles. The van der Waals surface area contributed by atoms with Gasteiger partial charge in [-0.1, -0.05) is 25.7 Å². The lowest BCUT2D eigenvalue weighted by molar-refractivity contribution is 0.205. The molecule has 4 nitrogen and oxygen atoms in total.